The minimum absolute atomic E-state index is 0.0572. The van der Waals surface area contributed by atoms with Crippen molar-refractivity contribution < 1.29 is 39.2 Å². The van der Waals surface area contributed by atoms with Gasteiger partial charge < -0.3 is 31.9 Å². The van der Waals surface area contributed by atoms with Crippen LogP contribution in [0.25, 0.3) is 5.76 Å². The second kappa shape index (κ2) is 7.49. The molecular weight excluding hydrogens is 459 g/mol. The van der Waals surface area contributed by atoms with Crippen molar-refractivity contribution in [1.29, 1.82) is 0 Å². The van der Waals surface area contributed by atoms with Crippen molar-refractivity contribution in [2.75, 3.05) is 0 Å². The van der Waals surface area contributed by atoms with Crippen molar-refractivity contribution in [1.82, 2.24) is 0 Å². The fourth-order valence-corrected chi connectivity index (χ4v) is 5.78. The number of hydrogen-bond donors (Lipinski definition) is 6. The molecule has 0 aliphatic heterocycles. The van der Waals surface area contributed by atoms with E-state index in [0.717, 1.165) is 0 Å². The van der Waals surface area contributed by atoms with Gasteiger partial charge in [0.25, 0.3) is 5.91 Å². The van der Waals surface area contributed by atoms with Gasteiger partial charge in [0.1, 0.15) is 28.7 Å². The first-order valence-corrected chi connectivity index (χ1v) is 10.8. The predicted octanol–water partition coefficient (Wildman–Crippen LogP) is 1.09. The molecule has 0 radical (unpaired) electrons. The van der Waals surface area contributed by atoms with Crippen molar-refractivity contribution in [3.8, 4) is 5.75 Å². The Labute approximate surface area is 197 Å². The number of benzene rings is 2. The molecule has 1 fully saturated rings. The van der Waals surface area contributed by atoms with Crippen LogP contribution in [0, 0.1) is 17.7 Å². The lowest BCUT2D eigenvalue weighted by atomic mass is 9.55. The monoisotopic (exact) mass is 480 g/mol. The second-order valence-corrected chi connectivity index (χ2v) is 9.05. The summed E-state index contributed by atoms with van der Waals surface area (Å²) in [6, 6.07) is 8.37. The molecular formula is C25H21FN2O7. The van der Waals surface area contributed by atoms with Gasteiger partial charge in [-0.15, -0.1) is 0 Å². The number of rotatable bonds is 2. The standard InChI is InChI=1S/C25H21FN2O7/c26-10-6-4-9(5-7-10)15-11-2-1-3-14(29)16(11)20(30)17-12(15)8-13-19(27)21(31)18(24(28)34)23(33)25(13,35)22(17)32/h1-7,12-13,15,19,29-30,33,35H,8,27H2,(H2,28,34)/t12-,13+,15-,19+,25+/m1/s1. The van der Waals surface area contributed by atoms with Crippen LogP contribution in [0.4, 0.5) is 4.39 Å². The maximum Gasteiger partial charge on any atom is 0.255 e. The molecule has 0 unspecified atom stereocenters. The fraction of sp³-hybridized carbons (Fsp3) is 0.240. The molecule has 0 bridgehead atoms. The highest BCUT2D eigenvalue weighted by Gasteiger charge is 2.64. The minimum Gasteiger partial charge on any atom is -0.508 e. The molecule has 9 nitrogen and oxygen atoms in total. The second-order valence-electron chi connectivity index (χ2n) is 9.05. The Morgan fingerprint density at radius 2 is 1.71 bits per heavy atom. The first-order chi connectivity index (χ1) is 16.5. The Bertz CT molecular complexity index is 1380. The number of primary amides is 1. The third-order valence-electron chi connectivity index (χ3n) is 7.37. The zero-order valence-electron chi connectivity index (χ0n) is 18.1. The zero-order valence-corrected chi connectivity index (χ0v) is 18.1. The summed E-state index contributed by atoms with van der Waals surface area (Å²) in [6.07, 6.45) is -0.165. The number of Topliss-reactive ketones (excluding diaryl/α,β-unsaturated/α-hetero) is 2. The first-order valence-electron chi connectivity index (χ1n) is 10.8. The highest BCUT2D eigenvalue weighted by atomic mass is 19.1. The molecule has 3 aliphatic carbocycles. The van der Waals surface area contributed by atoms with E-state index < -0.39 is 69.8 Å². The van der Waals surface area contributed by atoms with Crippen molar-refractivity contribution in [3.05, 3.63) is 81.9 Å². The molecule has 1 amide bonds. The quantitative estimate of drug-likeness (QED) is 0.345. The number of phenolic OH excluding ortho intramolecular Hbond substituents is 1. The number of fused-ring (bicyclic) bond motifs is 3. The molecule has 2 aromatic carbocycles. The van der Waals surface area contributed by atoms with Crippen LogP contribution in [0.5, 0.6) is 5.75 Å². The number of nitrogens with two attached hydrogens (primary N) is 2. The zero-order chi connectivity index (χ0) is 25.4. The molecule has 0 heterocycles. The van der Waals surface area contributed by atoms with Crippen LogP contribution in [0.1, 0.15) is 29.0 Å². The fourth-order valence-electron chi connectivity index (χ4n) is 5.78. The smallest absolute Gasteiger partial charge is 0.255 e. The summed E-state index contributed by atoms with van der Waals surface area (Å²) in [5.74, 6) is -9.14. The lowest BCUT2D eigenvalue weighted by Gasteiger charge is -2.50. The van der Waals surface area contributed by atoms with Gasteiger partial charge in [-0.3, -0.25) is 14.4 Å². The third-order valence-corrected chi connectivity index (χ3v) is 7.37. The topological polar surface area (TPSA) is 184 Å². The predicted molar refractivity (Wildman–Crippen MR) is 119 cm³/mol. The summed E-state index contributed by atoms with van der Waals surface area (Å²) in [7, 11) is 0. The van der Waals surface area contributed by atoms with Crippen LogP contribution in [0.3, 0.4) is 0 Å². The van der Waals surface area contributed by atoms with E-state index in [0.29, 0.717) is 11.1 Å². The number of hydrogen-bond acceptors (Lipinski definition) is 8. The normalized spacial score (nSPS) is 30.0. The number of aliphatic hydroxyl groups is 3. The average molecular weight is 480 g/mol. The van der Waals surface area contributed by atoms with Crippen LogP contribution < -0.4 is 11.5 Å². The summed E-state index contributed by atoms with van der Waals surface area (Å²) >= 11 is 0. The van der Waals surface area contributed by atoms with Crippen molar-refractivity contribution in [3.63, 3.8) is 0 Å². The molecule has 5 rings (SSSR count). The van der Waals surface area contributed by atoms with E-state index in [1.54, 1.807) is 12.1 Å². The van der Waals surface area contributed by atoms with E-state index in [2.05, 4.69) is 0 Å². The number of phenols is 1. The van der Waals surface area contributed by atoms with Crippen LogP contribution in [0.15, 0.2) is 59.4 Å². The number of carbonyl (C=O) groups is 3. The van der Waals surface area contributed by atoms with Gasteiger partial charge in [0.2, 0.25) is 5.78 Å². The van der Waals surface area contributed by atoms with E-state index in [1.165, 1.54) is 30.3 Å². The maximum absolute atomic E-state index is 13.8. The highest BCUT2D eigenvalue weighted by molar-refractivity contribution is 6.24. The Balaban J connectivity index is 1.80. The number of aromatic hydroxyl groups is 1. The van der Waals surface area contributed by atoms with E-state index in [9.17, 15) is 39.2 Å². The SMILES string of the molecule is NC(=O)C1=C(O)[C@@]2(O)C(=O)C3=C(O)c4c(O)cccc4[C@@H](c4ccc(F)cc4)[C@H]3C[C@H]2[C@H](N)C1=O. The first kappa shape index (κ1) is 22.8. The van der Waals surface area contributed by atoms with Gasteiger partial charge >= 0.3 is 0 Å². The van der Waals surface area contributed by atoms with Gasteiger partial charge in [0.05, 0.1) is 11.6 Å². The van der Waals surface area contributed by atoms with E-state index in [4.69, 9.17) is 11.5 Å². The molecule has 0 spiro atoms. The molecule has 1 saturated carbocycles. The summed E-state index contributed by atoms with van der Waals surface area (Å²) in [5.41, 5.74) is 8.11. The van der Waals surface area contributed by atoms with Crippen LogP contribution in [-0.2, 0) is 14.4 Å². The number of amides is 1. The van der Waals surface area contributed by atoms with Gasteiger partial charge in [-0.05, 0) is 35.7 Å². The van der Waals surface area contributed by atoms with Gasteiger partial charge in [0.15, 0.2) is 11.4 Å². The van der Waals surface area contributed by atoms with Crippen molar-refractivity contribution in [2.24, 2.45) is 23.3 Å². The molecule has 35 heavy (non-hydrogen) atoms. The Kier molecular flexibility index (Phi) is 4.87. The summed E-state index contributed by atoms with van der Waals surface area (Å²) in [4.78, 5) is 38.4. The third kappa shape index (κ3) is 2.90. The molecule has 3 aliphatic rings. The number of halogens is 1. The van der Waals surface area contributed by atoms with E-state index in [-0.39, 0.29) is 23.3 Å². The van der Waals surface area contributed by atoms with E-state index >= 15 is 0 Å². The number of carbonyl (C=O) groups excluding carboxylic acids is 3. The summed E-state index contributed by atoms with van der Waals surface area (Å²) in [6.45, 7) is 0. The van der Waals surface area contributed by atoms with Gasteiger partial charge in [-0.2, -0.15) is 0 Å². The lowest BCUT2D eigenvalue weighted by molar-refractivity contribution is -0.149. The molecule has 8 N–H and O–H groups in total. The van der Waals surface area contributed by atoms with Crippen molar-refractivity contribution >= 4 is 23.2 Å². The Morgan fingerprint density at radius 3 is 2.34 bits per heavy atom. The molecule has 2 aromatic rings. The van der Waals surface area contributed by atoms with E-state index in [1.807, 2.05) is 0 Å². The molecule has 0 aromatic heterocycles. The largest absolute Gasteiger partial charge is 0.508 e. The average Bonchev–Trinajstić information content (AvgIpc) is 2.80. The molecule has 180 valence electrons. The molecule has 10 heteroatoms. The molecule has 0 saturated heterocycles. The summed E-state index contributed by atoms with van der Waals surface area (Å²) in [5, 5.41) is 43.9. The van der Waals surface area contributed by atoms with Gasteiger partial charge in [-0.1, -0.05) is 24.3 Å². The van der Waals surface area contributed by atoms with Gasteiger partial charge in [-0.25, -0.2) is 4.39 Å². The Morgan fingerprint density at radius 1 is 1.06 bits per heavy atom. The maximum atomic E-state index is 13.8. The Hall–Kier alpha value is -4.02. The molecule has 5 atom stereocenters. The summed E-state index contributed by atoms with van der Waals surface area (Å²) < 4.78 is 13.7. The lowest BCUT2D eigenvalue weighted by Crippen LogP contribution is -2.65. The minimum atomic E-state index is -2.80. The highest BCUT2D eigenvalue weighted by Crippen LogP contribution is 2.56. The van der Waals surface area contributed by atoms with Crippen LogP contribution in [0.2, 0.25) is 0 Å². The van der Waals surface area contributed by atoms with Crippen molar-refractivity contribution in [2.45, 2.75) is 24.0 Å². The van der Waals surface area contributed by atoms with Crippen LogP contribution in [-0.4, -0.2) is 49.5 Å². The number of ketones is 2. The number of aliphatic hydroxyl groups excluding tert-OH is 2. The van der Waals surface area contributed by atoms with Gasteiger partial charge in [0, 0.05) is 23.3 Å². The van der Waals surface area contributed by atoms with Crippen LogP contribution >= 0.6 is 0 Å².